The van der Waals surface area contributed by atoms with Crippen molar-refractivity contribution in [3.8, 4) is 0 Å². The second-order valence-electron chi connectivity index (χ2n) is 2.79. The summed E-state index contributed by atoms with van der Waals surface area (Å²) in [6, 6.07) is 1.59. The maximum Gasteiger partial charge on any atom is 0.267 e. The van der Waals surface area contributed by atoms with Gasteiger partial charge in [0.25, 0.3) is 5.91 Å². The molecule has 0 aromatic carbocycles. The summed E-state index contributed by atoms with van der Waals surface area (Å²) < 4.78 is 0. The Hall–Kier alpha value is -1.88. The van der Waals surface area contributed by atoms with Crippen LogP contribution in [0.5, 0.6) is 0 Å². The Bertz CT molecular complexity index is 401. The van der Waals surface area contributed by atoms with Crippen molar-refractivity contribution in [2.24, 2.45) is 5.73 Å². The molecule has 0 unspecified atom stereocenters. The molecule has 2 N–H and O–H groups in total. The SMILES string of the molecule is NC(=O)c1cc2c(cn1)C=COOC2. The van der Waals surface area contributed by atoms with E-state index in [0.29, 0.717) is 0 Å². The number of primary amides is 1. The lowest BCUT2D eigenvalue weighted by atomic mass is 10.1. The fourth-order valence-electron chi connectivity index (χ4n) is 1.16. The Balaban J connectivity index is 2.44. The molecule has 0 bridgehead atoms. The van der Waals surface area contributed by atoms with Crippen molar-refractivity contribution in [1.29, 1.82) is 0 Å². The highest BCUT2D eigenvalue weighted by atomic mass is 17.2. The normalized spacial score (nSPS) is 14.0. The summed E-state index contributed by atoms with van der Waals surface area (Å²) in [6.45, 7) is 0.269. The average molecular weight is 192 g/mol. The van der Waals surface area contributed by atoms with E-state index in [1.165, 1.54) is 6.26 Å². The van der Waals surface area contributed by atoms with Crippen LogP contribution >= 0.6 is 0 Å². The predicted octanol–water partition coefficient (Wildman–Crippen LogP) is 0.613. The summed E-state index contributed by atoms with van der Waals surface area (Å²) in [4.78, 5) is 24.2. The first-order valence-electron chi connectivity index (χ1n) is 4.01. The van der Waals surface area contributed by atoms with Gasteiger partial charge in [-0.2, -0.15) is 4.89 Å². The van der Waals surface area contributed by atoms with Gasteiger partial charge in [0.15, 0.2) is 0 Å². The van der Waals surface area contributed by atoms with E-state index in [1.807, 2.05) is 0 Å². The molecule has 5 nitrogen and oxygen atoms in total. The van der Waals surface area contributed by atoms with Gasteiger partial charge in [-0.15, -0.1) is 0 Å². The quantitative estimate of drug-likeness (QED) is 0.661. The average Bonchev–Trinajstić information content (AvgIpc) is 2.41. The molecule has 0 aliphatic carbocycles. The van der Waals surface area contributed by atoms with Crippen LogP contribution in [0, 0.1) is 0 Å². The number of fused-ring (bicyclic) bond motifs is 1. The topological polar surface area (TPSA) is 74.4 Å². The second kappa shape index (κ2) is 3.47. The molecule has 72 valence electrons. The molecular weight excluding hydrogens is 184 g/mol. The first-order valence-corrected chi connectivity index (χ1v) is 4.01. The number of nitrogens with two attached hydrogens (primary N) is 1. The molecule has 0 spiro atoms. The molecular formula is C9H8N2O3. The van der Waals surface area contributed by atoms with E-state index in [-0.39, 0.29) is 12.3 Å². The molecule has 1 aliphatic heterocycles. The van der Waals surface area contributed by atoms with Crippen molar-refractivity contribution in [3.63, 3.8) is 0 Å². The van der Waals surface area contributed by atoms with Crippen LogP contribution < -0.4 is 5.73 Å². The summed E-state index contributed by atoms with van der Waals surface area (Å²) in [5.41, 5.74) is 7.00. The highest BCUT2D eigenvalue weighted by Gasteiger charge is 2.09. The minimum Gasteiger partial charge on any atom is -0.364 e. The lowest BCUT2D eigenvalue weighted by Gasteiger charge is -2.02. The first kappa shape index (κ1) is 8.71. The Morgan fingerprint density at radius 3 is 3.21 bits per heavy atom. The van der Waals surface area contributed by atoms with Crippen molar-refractivity contribution >= 4 is 12.0 Å². The molecule has 2 heterocycles. The first-order chi connectivity index (χ1) is 6.77. The minimum absolute atomic E-state index is 0.225. The van der Waals surface area contributed by atoms with Gasteiger partial charge in [0, 0.05) is 11.8 Å². The molecule has 5 heteroatoms. The van der Waals surface area contributed by atoms with Crippen molar-refractivity contribution < 1.29 is 14.6 Å². The van der Waals surface area contributed by atoms with E-state index in [2.05, 4.69) is 9.87 Å². The molecule has 2 rings (SSSR count). The molecule has 0 saturated heterocycles. The zero-order valence-electron chi connectivity index (χ0n) is 7.27. The number of hydrogen-bond donors (Lipinski definition) is 1. The maximum atomic E-state index is 10.8. The van der Waals surface area contributed by atoms with E-state index in [1.54, 1.807) is 18.3 Å². The lowest BCUT2D eigenvalue weighted by Crippen LogP contribution is -2.13. The number of rotatable bonds is 1. The van der Waals surface area contributed by atoms with Gasteiger partial charge < -0.3 is 10.6 Å². The summed E-state index contributed by atoms with van der Waals surface area (Å²) in [6.07, 6.45) is 4.68. The largest absolute Gasteiger partial charge is 0.364 e. The van der Waals surface area contributed by atoms with Crippen LogP contribution in [0.2, 0.25) is 0 Å². The molecule has 1 aromatic heterocycles. The van der Waals surface area contributed by atoms with E-state index in [0.717, 1.165) is 11.1 Å². The van der Waals surface area contributed by atoms with Crippen molar-refractivity contribution in [3.05, 3.63) is 35.3 Å². The van der Waals surface area contributed by atoms with Gasteiger partial charge in [-0.3, -0.25) is 9.78 Å². The maximum absolute atomic E-state index is 10.8. The zero-order chi connectivity index (χ0) is 9.97. The number of pyridine rings is 1. The summed E-state index contributed by atoms with van der Waals surface area (Å²) >= 11 is 0. The number of aromatic nitrogens is 1. The van der Waals surface area contributed by atoms with Crippen LogP contribution in [0.4, 0.5) is 0 Å². The molecule has 14 heavy (non-hydrogen) atoms. The minimum atomic E-state index is -0.554. The van der Waals surface area contributed by atoms with Gasteiger partial charge >= 0.3 is 0 Å². The van der Waals surface area contributed by atoms with Gasteiger partial charge in [-0.1, -0.05) is 0 Å². The second-order valence-corrected chi connectivity index (χ2v) is 2.79. The fourth-order valence-corrected chi connectivity index (χ4v) is 1.16. The Labute approximate surface area is 80.1 Å². The number of nitrogens with zero attached hydrogens (tertiary/aromatic N) is 1. The van der Waals surface area contributed by atoms with Gasteiger partial charge in [0.05, 0.1) is 0 Å². The van der Waals surface area contributed by atoms with E-state index in [9.17, 15) is 4.79 Å². The van der Waals surface area contributed by atoms with Crippen LogP contribution in [0.1, 0.15) is 21.6 Å². The Morgan fingerprint density at radius 1 is 1.57 bits per heavy atom. The summed E-state index contributed by atoms with van der Waals surface area (Å²) in [5, 5.41) is 0. The van der Waals surface area contributed by atoms with Gasteiger partial charge in [0.1, 0.15) is 18.6 Å². The van der Waals surface area contributed by atoms with Crippen LogP contribution in [0.15, 0.2) is 18.5 Å². The third kappa shape index (κ3) is 1.57. The van der Waals surface area contributed by atoms with Gasteiger partial charge in [0.2, 0.25) is 0 Å². The van der Waals surface area contributed by atoms with Crippen LogP contribution in [-0.2, 0) is 16.4 Å². The van der Waals surface area contributed by atoms with E-state index >= 15 is 0 Å². The highest BCUT2D eigenvalue weighted by molar-refractivity contribution is 5.91. The van der Waals surface area contributed by atoms with Crippen molar-refractivity contribution in [1.82, 2.24) is 4.98 Å². The molecule has 0 saturated carbocycles. The molecule has 0 radical (unpaired) electrons. The predicted molar refractivity (Wildman–Crippen MR) is 47.7 cm³/mol. The third-order valence-electron chi connectivity index (χ3n) is 1.86. The summed E-state index contributed by atoms with van der Waals surface area (Å²) in [7, 11) is 0. The van der Waals surface area contributed by atoms with Gasteiger partial charge in [-0.05, 0) is 17.7 Å². The molecule has 1 aromatic rings. The molecule has 1 aliphatic rings. The highest BCUT2D eigenvalue weighted by Crippen LogP contribution is 2.15. The van der Waals surface area contributed by atoms with Gasteiger partial charge in [-0.25, -0.2) is 0 Å². The standard InChI is InChI=1S/C9H8N2O3/c10-9(12)8-3-7-5-14-13-2-1-6(7)4-11-8/h1-4H,5H2,(H2,10,12). The number of amides is 1. The fraction of sp³-hybridized carbons (Fsp3) is 0.111. The van der Waals surface area contributed by atoms with Crippen LogP contribution in [0.25, 0.3) is 6.08 Å². The van der Waals surface area contributed by atoms with Crippen LogP contribution in [0.3, 0.4) is 0 Å². The van der Waals surface area contributed by atoms with E-state index < -0.39 is 5.91 Å². The van der Waals surface area contributed by atoms with Crippen LogP contribution in [-0.4, -0.2) is 10.9 Å². The number of carbonyl (C=O) groups excluding carboxylic acids is 1. The molecule has 0 fully saturated rings. The Kier molecular flexibility index (Phi) is 2.16. The van der Waals surface area contributed by atoms with E-state index in [4.69, 9.17) is 10.6 Å². The van der Waals surface area contributed by atoms with Crippen molar-refractivity contribution in [2.75, 3.05) is 0 Å². The van der Waals surface area contributed by atoms with Crippen molar-refractivity contribution in [2.45, 2.75) is 6.61 Å². The monoisotopic (exact) mass is 192 g/mol. The smallest absolute Gasteiger partial charge is 0.267 e. The molecule has 1 amide bonds. The third-order valence-corrected chi connectivity index (χ3v) is 1.86. The number of hydrogen-bond acceptors (Lipinski definition) is 4. The zero-order valence-corrected chi connectivity index (χ0v) is 7.27. The molecule has 0 atom stereocenters. The summed E-state index contributed by atoms with van der Waals surface area (Å²) in [5.74, 6) is -0.554. The lowest BCUT2D eigenvalue weighted by molar-refractivity contribution is -0.257. The number of carbonyl (C=O) groups is 1. The Morgan fingerprint density at radius 2 is 2.43 bits per heavy atom.